The number of carbonyl (C=O) groups excluding carboxylic acids is 1. The summed E-state index contributed by atoms with van der Waals surface area (Å²) in [6.07, 6.45) is 6.47. The number of carboxylic acids is 1. The Balaban J connectivity index is 1.67. The van der Waals surface area contributed by atoms with Gasteiger partial charge in [-0.05, 0) is 55.4 Å². The van der Waals surface area contributed by atoms with Crippen molar-refractivity contribution >= 4 is 17.6 Å². The smallest absolute Gasteiger partial charge is 0.310 e. The molecule has 0 spiro atoms. The molecule has 0 bridgehead atoms. The molecule has 3 rings (SSSR count). The Bertz CT molecular complexity index is 573. The van der Waals surface area contributed by atoms with Gasteiger partial charge in [0, 0.05) is 12.1 Å². The number of anilines is 1. The highest BCUT2D eigenvalue weighted by Crippen LogP contribution is 2.41. The van der Waals surface area contributed by atoms with E-state index in [4.69, 9.17) is 0 Å². The lowest BCUT2D eigenvalue weighted by Gasteiger charge is -2.22. The van der Waals surface area contributed by atoms with E-state index in [1.807, 2.05) is 12.1 Å². The zero-order valence-corrected chi connectivity index (χ0v) is 12.2. The van der Waals surface area contributed by atoms with E-state index < -0.39 is 11.4 Å². The lowest BCUT2D eigenvalue weighted by atomic mass is 9.82. The average Bonchev–Trinajstić information content (AvgIpc) is 3.07. The second kappa shape index (κ2) is 5.51. The van der Waals surface area contributed by atoms with Gasteiger partial charge in [0.15, 0.2) is 0 Å². The largest absolute Gasteiger partial charge is 0.481 e. The third-order valence-corrected chi connectivity index (χ3v) is 4.90. The molecule has 1 fully saturated rings. The summed E-state index contributed by atoms with van der Waals surface area (Å²) in [6.45, 7) is 0. The number of hydrogen-bond acceptors (Lipinski definition) is 2. The molecule has 4 nitrogen and oxygen atoms in total. The van der Waals surface area contributed by atoms with E-state index in [1.165, 1.54) is 17.5 Å². The van der Waals surface area contributed by atoms with Gasteiger partial charge in [-0.3, -0.25) is 9.59 Å². The van der Waals surface area contributed by atoms with Gasteiger partial charge in [-0.1, -0.05) is 18.9 Å². The number of fused-ring (bicyclic) bond motifs is 1. The SMILES string of the molecule is O=C(CC1(C(=O)O)CCCC1)Nc1ccc2c(c1)CCC2. The summed E-state index contributed by atoms with van der Waals surface area (Å²) >= 11 is 0. The minimum absolute atomic E-state index is 0.0828. The minimum Gasteiger partial charge on any atom is -0.481 e. The maximum Gasteiger partial charge on any atom is 0.310 e. The van der Waals surface area contributed by atoms with Crippen LogP contribution >= 0.6 is 0 Å². The van der Waals surface area contributed by atoms with Crippen LogP contribution in [0.25, 0.3) is 0 Å². The Kier molecular flexibility index (Phi) is 3.70. The maximum atomic E-state index is 12.2. The molecule has 2 aliphatic carbocycles. The predicted molar refractivity (Wildman–Crippen MR) is 80.3 cm³/mol. The van der Waals surface area contributed by atoms with Crippen LogP contribution < -0.4 is 5.32 Å². The molecule has 2 N–H and O–H groups in total. The highest BCUT2D eigenvalue weighted by molar-refractivity contribution is 5.94. The van der Waals surface area contributed by atoms with Crippen molar-refractivity contribution in [2.45, 2.75) is 51.4 Å². The van der Waals surface area contributed by atoms with Crippen LogP contribution in [0.4, 0.5) is 5.69 Å². The summed E-state index contributed by atoms with van der Waals surface area (Å²) in [5.41, 5.74) is 2.62. The molecule has 1 aromatic carbocycles. The van der Waals surface area contributed by atoms with Crippen molar-refractivity contribution in [2.75, 3.05) is 5.32 Å². The van der Waals surface area contributed by atoms with Crippen molar-refractivity contribution in [2.24, 2.45) is 5.41 Å². The Labute approximate surface area is 124 Å². The molecule has 2 aliphatic rings. The molecule has 0 saturated heterocycles. The van der Waals surface area contributed by atoms with Crippen molar-refractivity contribution in [3.05, 3.63) is 29.3 Å². The van der Waals surface area contributed by atoms with Crippen LogP contribution in [0, 0.1) is 5.41 Å². The number of benzene rings is 1. The summed E-state index contributed by atoms with van der Waals surface area (Å²) < 4.78 is 0. The van der Waals surface area contributed by atoms with E-state index in [0.29, 0.717) is 12.8 Å². The Morgan fingerprint density at radius 1 is 1.10 bits per heavy atom. The van der Waals surface area contributed by atoms with Crippen molar-refractivity contribution in [3.63, 3.8) is 0 Å². The number of hydrogen-bond donors (Lipinski definition) is 2. The molecule has 1 saturated carbocycles. The lowest BCUT2D eigenvalue weighted by molar-refractivity contribution is -0.150. The highest BCUT2D eigenvalue weighted by atomic mass is 16.4. The van der Waals surface area contributed by atoms with Crippen molar-refractivity contribution in [1.29, 1.82) is 0 Å². The number of rotatable bonds is 4. The number of carbonyl (C=O) groups is 2. The number of aliphatic carboxylic acids is 1. The van der Waals surface area contributed by atoms with E-state index >= 15 is 0 Å². The van der Waals surface area contributed by atoms with Crippen LogP contribution in [0.1, 0.15) is 49.7 Å². The quantitative estimate of drug-likeness (QED) is 0.894. The van der Waals surface area contributed by atoms with Gasteiger partial charge in [0.2, 0.25) is 5.91 Å². The molecule has 0 aromatic heterocycles. The fourth-order valence-electron chi connectivity index (χ4n) is 3.68. The van der Waals surface area contributed by atoms with E-state index in [0.717, 1.165) is 31.4 Å². The first-order chi connectivity index (χ1) is 10.1. The Hall–Kier alpha value is -1.84. The first-order valence-electron chi connectivity index (χ1n) is 7.74. The standard InChI is InChI=1S/C17H21NO3/c19-15(11-17(16(20)21)8-1-2-9-17)18-14-7-6-12-4-3-5-13(12)10-14/h6-7,10H,1-5,8-9,11H2,(H,18,19)(H,20,21). The van der Waals surface area contributed by atoms with Gasteiger partial charge in [-0.15, -0.1) is 0 Å². The molecule has 1 aromatic rings. The lowest BCUT2D eigenvalue weighted by Crippen LogP contribution is -2.32. The zero-order valence-electron chi connectivity index (χ0n) is 12.2. The molecule has 112 valence electrons. The van der Waals surface area contributed by atoms with Crippen molar-refractivity contribution < 1.29 is 14.7 Å². The second-order valence-corrected chi connectivity index (χ2v) is 6.35. The van der Waals surface area contributed by atoms with Gasteiger partial charge in [-0.25, -0.2) is 0 Å². The van der Waals surface area contributed by atoms with E-state index in [2.05, 4.69) is 11.4 Å². The molecule has 4 heteroatoms. The van der Waals surface area contributed by atoms with E-state index in [1.54, 1.807) is 0 Å². The number of carboxylic acid groups (broad SMARTS) is 1. The first-order valence-corrected chi connectivity index (χ1v) is 7.74. The Morgan fingerprint density at radius 2 is 1.81 bits per heavy atom. The highest BCUT2D eigenvalue weighted by Gasteiger charge is 2.42. The molecule has 1 amide bonds. The molecule has 0 atom stereocenters. The second-order valence-electron chi connectivity index (χ2n) is 6.35. The summed E-state index contributed by atoms with van der Waals surface area (Å²) in [7, 11) is 0. The molecule has 21 heavy (non-hydrogen) atoms. The van der Waals surface area contributed by atoms with Crippen molar-refractivity contribution in [1.82, 2.24) is 0 Å². The van der Waals surface area contributed by atoms with E-state index in [9.17, 15) is 14.7 Å². The number of amides is 1. The van der Waals surface area contributed by atoms with Crippen molar-refractivity contribution in [3.8, 4) is 0 Å². The van der Waals surface area contributed by atoms with Gasteiger partial charge >= 0.3 is 5.97 Å². The van der Waals surface area contributed by atoms with Gasteiger partial charge in [0.05, 0.1) is 5.41 Å². The van der Waals surface area contributed by atoms with Crippen LogP contribution in [-0.4, -0.2) is 17.0 Å². The maximum absolute atomic E-state index is 12.2. The zero-order chi connectivity index (χ0) is 14.9. The summed E-state index contributed by atoms with van der Waals surface area (Å²) in [4.78, 5) is 23.7. The molecular formula is C17H21NO3. The minimum atomic E-state index is -0.846. The van der Waals surface area contributed by atoms with Crippen LogP contribution in [-0.2, 0) is 22.4 Å². The summed E-state index contributed by atoms with van der Waals surface area (Å²) in [6, 6.07) is 6.02. The van der Waals surface area contributed by atoms with Crippen LogP contribution in [0.2, 0.25) is 0 Å². The topological polar surface area (TPSA) is 66.4 Å². The number of aryl methyl sites for hydroxylation is 2. The third-order valence-electron chi connectivity index (χ3n) is 4.90. The molecule has 0 radical (unpaired) electrons. The van der Waals surface area contributed by atoms with Crippen LogP contribution in [0.3, 0.4) is 0 Å². The molecular weight excluding hydrogens is 266 g/mol. The van der Waals surface area contributed by atoms with Gasteiger partial charge < -0.3 is 10.4 Å². The Morgan fingerprint density at radius 3 is 2.52 bits per heavy atom. The predicted octanol–water partition coefficient (Wildman–Crippen LogP) is 3.15. The fraction of sp³-hybridized carbons (Fsp3) is 0.529. The fourth-order valence-corrected chi connectivity index (χ4v) is 3.68. The molecule has 0 heterocycles. The normalized spacial score (nSPS) is 19.2. The number of nitrogens with one attached hydrogen (secondary N) is 1. The van der Waals surface area contributed by atoms with Gasteiger partial charge in [0.1, 0.15) is 0 Å². The summed E-state index contributed by atoms with van der Waals surface area (Å²) in [5.74, 6) is -1.01. The van der Waals surface area contributed by atoms with Crippen LogP contribution in [0.5, 0.6) is 0 Å². The van der Waals surface area contributed by atoms with Crippen LogP contribution in [0.15, 0.2) is 18.2 Å². The average molecular weight is 287 g/mol. The van der Waals surface area contributed by atoms with E-state index in [-0.39, 0.29) is 12.3 Å². The molecule has 0 aliphatic heterocycles. The first kappa shape index (κ1) is 14.1. The monoisotopic (exact) mass is 287 g/mol. The third kappa shape index (κ3) is 2.80. The summed E-state index contributed by atoms with van der Waals surface area (Å²) in [5, 5.41) is 12.3. The van der Waals surface area contributed by atoms with Gasteiger partial charge in [0.25, 0.3) is 0 Å². The van der Waals surface area contributed by atoms with Gasteiger partial charge in [-0.2, -0.15) is 0 Å². The molecule has 0 unspecified atom stereocenters.